The molecule has 1 fully saturated rings. The summed E-state index contributed by atoms with van der Waals surface area (Å²) in [6.07, 6.45) is 2.65. The minimum absolute atomic E-state index is 0.704. The van der Waals surface area contributed by atoms with Crippen molar-refractivity contribution in [2.45, 2.75) is 17.4 Å². The Balaban J connectivity index is 2.19. The molecule has 1 atom stereocenters. The van der Waals surface area contributed by atoms with Gasteiger partial charge in [0.1, 0.15) is 3.53 Å². The first-order valence-corrected chi connectivity index (χ1v) is 5.58. The zero-order valence-electron chi connectivity index (χ0n) is 4.87. The summed E-state index contributed by atoms with van der Waals surface area (Å²) in [7, 11) is 0. The first kappa shape index (κ1) is 8.24. The molecule has 0 nitrogen and oxygen atoms in total. The average Bonchev–Trinajstić information content (AvgIpc) is 2.15. The van der Waals surface area contributed by atoms with Crippen LogP contribution >= 0.6 is 48.4 Å². The predicted molar refractivity (Wildman–Crippen MR) is 54.7 cm³/mol. The Morgan fingerprint density at radius 3 is 3.00 bits per heavy atom. The van der Waals surface area contributed by atoms with Gasteiger partial charge in [-0.05, 0) is 18.6 Å². The van der Waals surface area contributed by atoms with Crippen LogP contribution in [0.5, 0.6) is 0 Å². The number of hydrogen-bond acceptors (Lipinski definition) is 3. The molecule has 1 aliphatic rings. The van der Waals surface area contributed by atoms with Crippen LogP contribution in [0.4, 0.5) is 0 Å². The minimum atomic E-state index is 0.704. The van der Waals surface area contributed by atoms with Gasteiger partial charge in [-0.3, -0.25) is 0 Å². The number of thioether (sulfide) groups is 2. The van der Waals surface area contributed by atoms with Crippen LogP contribution in [0.2, 0.25) is 0 Å². The second-order valence-corrected chi connectivity index (χ2v) is 6.37. The number of thiocarbonyl (C=S) groups is 1. The maximum absolute atomic E-state index is 4.85. The van der Waals surface area contributed by atoms with Crippen molar-refractivity contribution in [1.29, 1.82) is 0 Å². The molecule has 0 saturated carbocycles. The van der Waals surface area contributed by atoms with Crippen LogP contribution in [0.25, 0.3) is 0 Å². The van der Waals surface area contributed by atoms with Crippen LogP contribution in [0.1, 0.15) is 12.8 Å². The van der Waals surface area contributed by atoms with E-state index in [0.29, 0.717) is 4.58 Å². The van der Waals surface area contributed by atoms with Gasteiger partial charge in [0.15, 0.2) is 0 Å². The largest absolute Gasteiger partial charge is 0.147 e. The van der Waals surface area contributed by atoms with E-state index in [1.54, 1.807) is 11.8 Å². The lowest BCUT2D eigenvalue weighted by Gasteiger charge is -2.03. The molecular formula is C5H8S4. The van der Waals surface area contributed by atoms with Crippen molar-refractivity contribution in [3.8, 4) is 0 Å². The molecule has 0 aromatic heterocycles. The van der Waals surface area contributed by atoms with E-state index < -0.39 is 0 Å². The molecule has 0 amide bonds. The minimum Gasteiger partial charge on any atom is -0.147 e. The molecule has 1 aliphatic heterocycles. The molecule has 0 aromatic rings. The number of thiol groups is 1. The fourth-order valence-electron chi connectivity index (χ4n) is 0.754. The molecule has 52 valence electrons. The first-order chi connectivity index (χ1) is 4.29. The molecule has 0 unspecified atom stereocenters. The number of rotatable bonds is 1. The van der Waals surface area contributed by atoms with Crippen LogP contribution in [-0.4, -0.2) is 13.9 Å². The molecule has 0 spiro atoms. The van der Waals surface area contributed by atoms with Gasteiger partial charge in [-0.15, -0.1) is 24.4 Å². The zero-order valence-corrected chi connectivity index (χ0v) is 8.21. The van der Waals surface area contributed by atoms with Gasteiger partial charge in [-0.2, -0.15) is 0 Å². The maximum atomic E-state index is 4.85. The third-order valence-corrected chi connectivity index (χ3v) is 4.25. The highest BCUT2D eigenvalue weighted by molar-refractivity contribution is 8.44. The van der Waals surface area contributed by atoms with Crippen molar-refractivity contribution < 1.29 is 0 Å². The van der Waals surface area contributed by atoms with E-state index in [4.69, 9.17) is 12.2 Å². The molecule has 0 bridgehead atoms. The summed E-state index contributed by atoms with van der Waals surface area (Å²) in [5, 5.41) is 0. The summed E-state index contributed by atoms with van der Waals surface area (Å²) >= 11 is 12.6. The molecule has 1 heterocycles. The Kier molecular flexibility index (Phi) is 3.76. The van der Waals surface area contributed by atoms with E-state index >= 15 is 0 Å². The third kappa shape index (κ3) is 3.16. The van der Waals surface area contributed by atoms with Crippen molar-refractivity contribution in [2.24, 2.45) is 0 Å². The fraction of sp³-hybridized carbons (Fsp3) is 0.800. The summed E-state index contributed by atoms with van der Waals surface area (Å²) in [5.41, 5.74) is 0. The third-order valence-electron chi connectivity index (χ3n) is 1.12. The second-order valence-electron chi connectivity index (χ2n) is 1.83. The molecule has 9 heavy (non-hydrogen) atoms. The maximum Gasteiger partial charge on any atom is 0.102 e. The van der Waals surface area contributed by atoms with Crippen molar-refractivity contribution in [1.82, 2.24) is 0 Å². The van der Waals surface area contributed by atoms with Gasteiger partial charge in [-0.1, -0.05) is 24.0 Å². The molecule has 1 rings (SSSR count). The van der Waals surface area contributed by atoms with E-state index in [1.807, 2.05) is 11.8 Å². The molecule has 0 aliphatic carbocycles. The Morgan fingerprint density at radius 1 is 1.78 bits per heavy atom. The topological polar surface area (TPSA) is 0 Å². The van der Waals surface area contributed by atoms with E-state index in [1.165, 1.54) is 18.6 Å². The van der Waals surface area contributed by atoms with E-state index in [2.05, 4.69) is 12.6 Å². The van der Waals surface area contributed by atoms with Gasteiger partial charge in [0.2, 0.25) is 0 Å². The summed E-state index contributed by atoms with van der Waals surface area (Å²) in [6, 6.07) is 0. The van der Waals surface area contributed by atoms with Crippen LogP contribution in [0.3, 0.4) is 0 Å². The van der Waals surface area contributed by atoms with Gasteiger partial charge < -0.3 is 0 Å². The SMILES string of the molecule is S=C(S)S[C@@H]1CCCS1. The van der Waals surface area contributed by atoms with Crippen molar-refractivity contribution in [3.05, 3.63) is 0 Å². The lowest BCUT2D eigenvalue weighted by molar-refractivity contribution is 0.926. The fourth-order valence-corrected chi connectivity index (χ4v) is 4.17. The van der Waals surface area contributed by atoms with E-state index in [0.717, 1.165) is 3.53 Å². The normalized spacial score (nSPS) is 26.6. The average molecular weight is 196 g/mol. The van der Waals surface area contributed by atoms with Crippen molar-refractivity contribution >= 4 is 51.9 Å². The Labute approximate surface area is 75.0 Å². The van der Waals surface area contributed by atoms with E-state index in [-0.39, 0.29) is 0 Å². The first-order valence-electron chi connectivity index (χ1n) is 2.80. The van der Waals surface area contributed by atoms with E-state index in [9.17, 15) is 0 Å². The number of hydrogen-bond donors (Lipinski definition) is 1. The van der Waals surface area contributed by atoms with Crippen molar-refractivity contribution in [2.75, 3.05) is 5.75 Å². The standard InChI is InChI=1S/C5H8S4/c6-5(7)9-4-2-1-3-8-4/h4H,1-3H2,(H,6,7)/t4-/m1/s1. The van der Waals surface area contributed by atoms with Crippen LogP contribution in [0, 0.1) is 0 Å². The van der Waals surface area contributed by atoms with Gasteiger partial charge in [-0.25, -0.2) is 0 Å². The zero-order chi connectivity index (χ0) is 6.69. The molecule has 1 saturated heterocycles. The van der Waals surface area contributed by atoms with Crippen molar-refractivity contribution in [3.63, 3.8) is 0 Å². The molecular weight excluding hydrogens is 188 g/mol. The lowest BCUT2D eigenvalue weighted by Crippen LogP contribution is -1.89. The van der Waals surface area contributed by atoms with Gasteiger partial charge in [0.25, 0.3) is 0 Å². The second kappa shape index (κ2) is 4.11. The molecule has 0 radical (unpaired) electrons. The van der Waals surface area contributed by atoms with Crippen LogP contribution in [-0.2, 0) is 0 Å². The summed E-state index contributed by atoms with van der Waals surface area (Å²) in [4.78, 5) is 0. The lowest BCUT2D eigenvalue weighted by atomic mass is 10.4. The quantitative estimate of drug-likeness (QED) is 0.506. The summed E-state index contributed by atoms with van der Waals surface area (Å²) in [5.74, 6) is 1.30. The summed E-state index contributed by atoms with van der Waals surface area (Å²) in [6.45, 7) is 0. The highest BCUT2D eigenvalue weighted by Gasteiger charge is 2.16. The monoisotopic (exact) mass is 196 g/mol. The van der Waals surface area contributed by atoms with Crippen LogP contribution < -0.4 is 0 Å². The molecule has 0 N–H and O–H groups in total. The molecule has 4 heteroatoms. The predicted octanol–water partition coefficient (Wildman–Crippen LogP) is 2.79. The Hall–Kier alpha value is 1.14. The Bertz CT molecular complexity index is 106. The Morgan fingerprint density at radius 2 is 2.56 bits per heavy atom. The van der Waals surface area contributed by atoms with Gasteiger partial charge >= 0.3 is 0 Å². The van der Waals surface area contributed by atoms with Gasteiger partial charge in [0.05, 0.1) is 4.58 Å². The highest BCUT2D eigenvalue weighted by Crippen LogP contribution is 2.36. The van der Waals surface area contributed by atoms with Gasteiger partial charge in [0, 0.05) is 0 Å². The highest BCUT2D eigenvalue weighted by atomic mass is 32.2. The smallest absolute Gasteiger partial charge is 0.102 e. The van der Waals surface area contributed by atoms with Crippen LogP contribution in [0.15, 0.2) is 0 Å². The molecule has 0 aromatic carbocycles. The summed E-state index contributed by atoms with van der Waals surface area (Å²) < 4.78 is 1.49.